The van der Waals surface area contributed by atoms with Crippen LogP contribution in [0.25, 0.3) is 0 Å². The van der Waals surface area contributed by atoms with Crippen molar-refractivity contribution < 1.29 is 40.6 Å². The van der Waals surface area contributed by atoms with Crippen molar-refractivity contribution in [1.82, 2.24) is 0 Å². The highest BCUT2D eigenvalue weighted by atomic mass is 19.4. The summed E-state index contributed by atoms with van der Waals surface area (Å²) >= 11 is 0. The molecule has 0 fully saturated rings. The SMILES string of the molecule is CC(C)CC(N=C1OC(c2ccccc2)=NC1(C(F)(F)F)C(F)(F)F)C(=O)OC(C)(C)C. The van der Waals surface area contributed by atoms with Crippen LogP contribution in [-0.4, -0.2) is 47.3 Å². The summed E-state index contributed by atoms with van der Waals surface area (Å²) in [6.07, 6.45) is -12.0. The predicted octanol–water partition coefficient (Wildman–Crippen LogP) is 5.48. The Balaban J connectivity index is 2.68. The maximum Gasteiger partial charge on any atom is 0.431 e. The van der Waals surface area contributed by atoms with Crippen LogP contribution in [-0.2, 0) is 14.3 Å². The summed E-state index contributed by atoms with van der Waals surface area (Å²) in [7, 11) is 0. The molecule has 0 radical (unpaired) electrons. The lowest BCUT2D eigenvalue weighted by Gasteiger charge is -2.30. The molecule has 0 saturated carbocycles. The molecule has 1 unspecified atom stereocenters. The van der Waals surface area contributed by atoms with E-state index in [0.29, 0.717) is 0 Å². The van der Waals surface area contributed by atoms with Gasteiger partial charge < -0.3 is 9.47 Å². The van der Waals surface area contributed by atoms with Crippen molar-refractivity contribution >= 4 is 17.8 Å². The molecular weight excluding hydrogens is 442 g/mol. The first-order valence-electron chi connectivity index (χ1n) is 9.75. The number of esters is 1. The zero-order chi connectivity index (χ0) is 24.5. The van der Waals surface area contributed by atoms with Gasteiger partial charge in [0.05, 0.1) is 0 Å². The number of halogens is 6. The largest absolute Gasteiger partial charge is 0.458 e. The van der Waals surface area contributed by atoms with Gasteiger partial charge in [-0.05, 0) is 45.2 Å². The molecule has 0 N–H and O–H groups in total. The summed E-state index contributed by atoms with van der Waals surface area (Å²) in [5.41, 5.74) is -5.88. The molecule has 0 aromatic heterocycles. The van der Waals surface area contributed by atoms with Crippen LogP contribution in [0.5, 0.6) is 0 Å². The summed E-state index contributed by atoms with van der Waals surface area (Å²) in [5, 5.41) is 0. The smallest absolute Gasteiger partial charge is 0.431 e. The third-order valence-electron chi connectivity index (χ3n) is 4.26. The number of benzene rings is 1. The van der Waals surface area contributed by atoms with Gasteiger partial charge in [-0.15, -0.1) is 0 Å². The molecule has 0 amide bonds. The third kappa shape index (κ3) is 5.42. The van der Waals surface area contributed by atoms with Crippen molar-refractivity contribution in [3.05, 3.63) is 35.9 Å². The molecule has 178 valence electrons. The van der Waals surface area contributed by atoms with E-state index in [2.05, 4.69) is 9.98 Å². The summed E-state index contributed by atoms with van der Waals surface area (Å²) in [4.78, 5) is 19.0. The Morgan fingerprint density at radius 1 is 1.06 bits per heavy atom. The molecule has 1 heterocycles. The Morgan fingerprint density at radius 3 is 2.03 bits per heavy atom. The molecule has 11 heteroatoms. The lowest BCUT2D eigenvalue weighted by Crippen LogP contribution is -2.59. The normalized spacial score (nSPS) is 19.0. The zero-order valence-corrected chi connectivity index (χ0v) is 18.1. The van der Waals surface area contributed by atoms with Gasteiger partial charge in [-0.1, -0.05) is 32.0 Å². The van der Waals surface area contributed by atoms with Gasteiger partial charge in [0.2, 0.25) is 11.8 Å². The number of rotatable bonds is 5. The number of hydrogen-bond acceptors (Lipinski definition) is 5. The molecule has 0 spiro atoms. The van der Waals surface area contributed by atoms with E-state index in [4.69, 9.17) is 9.47 Å². The highest BCUT2D eigenvalue weighted by Gasteiger charge is 2.78. The van der Waals surface area contributed by atoms with Gasteiger partial charge in [-0.25, -0.2) is 14.8 Å². The molecular formula is C21H24F6N2O3. The van der Waals surface area contributed by atoms with E-state index in [1.807, 2.05) is 0 Å². The van der Waals surface area contributed by atoms with Gasteiger partial charge >= 0.3 is 23.9 Å². The maximum atomic E-state index is 13.9. The molecule has 0 aliphatic carbocycles. The molecule has 5 nitrogen and oxygen atoms in total. The Bertz CT molecular complexity index is 870. The molecule has 2 rings (SSSR count). The quantitative estimate of drug-likeness (QED) is 0.427. The molecule has 1 aromatic carbocycles. The Morgan fingerprint density at radius 2 is 1.59 bits per heavy atom. The van der Waals surface area contributed by atoms with Crippen molar-refractivity contribution in [3.63, 3.8) is 0 Å². The average Bonchev–Trinajstić information content (AvgIpc) is 3.00. The number of ether oxygens (including phenoxy) is 2. The number of nitrogens with zero attached hydrogens (tertiary/aromatic N) is 2. The predicted molar refractivity (Wildman–Crippen MR) is 105 cm³/mol. The Hall–Kier alpha value is -2.59. The highest BCUT2D eigenvalue weighted by Crippen LogP contribution is 2.50. The third-order valence-corrected chi connectivity index (χ3v) is 4.26. The first-order chi connectivity index (χ1) is 14.5. The minimum atomic E-state index is -5.93. The Kier molecular flexibility index (Phi) is 7.01. The molecule has 1 aromatic rings. The lowest BCUT2D eigenvalue weighted by molar-refractivity contribution is -0.271. The molecule has 1 aliphatic heterocycles. The summed E-state index contributed by atoms with van der Waals surface area (Å²) in [6, 6.07) is 5.18. The van der Waals surface area contributed by atoms with Crippen molar-refractivity contribution in [2.45, 2.75) is 70.6 Å². The van der Waals surface area contributed by atoms with E-state index in [9.17, 15) is 31.1 Å². The van der Waals surface area contributed by atoms with Gasteiger partial charge in [0.15, 0.2) is 6.04 Å². The van der Waals surface area contributed by atoms with Crippen molar-refractivity contribution in [2.24, 2.45) is 15.9 Å². The van der Waals surface area contributed by atoms with Gasteiger partial charge in [-0.2, -0.15) is 26.3 Å². The van der Waals surface area contributed by atoms with Crippen LogP contribution >= 0.6 is 0 Å². The average molecular weight is 466 g/mol. The van der Waals surface area contributed by atoms with Crippen LogP contribution in [0, 0.1) is 5.92 Å². The molecule has 1 aliphatic rings. The first kappa shape index (κ1) is 25.7. The van der Waals surface area contributed by atoms with E-state index < -0.39 is 47.3 Å². The fourth-order valence-corrected chi connectivity index (χ4v) is 2.90. The minimum absolute atomic E-state index is 0.103. The van der Waals surface area contributed by atoms with Crippen LogP contribution in [0.3, 0.4) is 0 Å². The maximum absolute atomic E-state index is 13.9. The second-order valence-corrected chi connectivity index (χ2v) is 8.70. The van der Waals surface area contributed by atoms with Crippen molar-refractivity contribution in [3.8, 4) is 0 Å². The number of alkyl halides is 6. The van der Waals surface area contributed by atoms with E-state index in [1.165, 1.54) is 51.1 Å². The van der Waals surface area contributed by atoms with E-state index in [-0.39, 0.29) is 17.9 Å². The molecule has 32 heavy (non-hydrogen) atoms. The van der Waals surface area contributed by atoms with Gasteiger partial charge in [-0.3, -0.25) is 0 Å². The van der Waals surface area contributed by atoms with Crippen LogP contribution in [0.1, 0.15) is 46.6 Å². The number of carbonyl (C=O) groups is 1. The minimum Gasteiger partial charge on any atom is -0.458 e. The number of carbonyl (C=O) groups excluding carboxylic acids is 1. The van der Waals surface area contributed by atoms with Crippen molar-refractivity contribution in [2.75, 3.05) is 0 Å². The van der Waals surface area contributed by atoms with E-state index in [1.54, 1.807) is 13.8 Å². The summed E-state index contributed by atoms with van der Waals surface area (Å²) in [5.74, 6) is -4.01. The monoisotopic (exact) mass is 466 g/mol. The highest BCUT2D eigenvalue weighted by molar-refractivity contribution is 6.11. The second-order valence-electron chi connectivity index (χ2n) is 8.70. The fourth-order valence-electron chi connectivity index (χ4n) is 2.90. The number of hydrogen-bond donors (Lipinski definition) is 0. The van der Waals surface area contributed by atoms with Gasteiger partial charge in [0.1, 0.15) is 5.60 Å². The van der Waals surface area contributed by atoms with Gasteiger partial charge in [0, 0.05) is 5.56 Å². The van der Waals surface area contributed by atoms with Crippen LogP contribution in [0.4, 0.5) is 26.3 Å². The fraction of sp³-hybridized carbons (Fsp3) is 0.571. The van der Waals surface area contributed by atoms with Crippen molar-refractivity contribution in [1.29, 1.82) is 0 Å². The molecule has 0 bridgehead atoms. The van der Waals surface area contributed by atoms with E-state index >= 15 is 0 Å². The standard InChI is InChI=1S/C21H24F6N2O3/c1-12(2)11-14(16(30)32-18(3,4)5)28-17-19(20(22,23)24,21(25,26)27)29-15(31-17)13-9-7-6-8-10-13/h6-10,12,14H,11H2,1-5H3. The molecule has 0 saturated heterocycles. The van der Waals surface area contributed by atoms with E-state index in [0.717, 1.165) is 0 Å². The van der Waals surface area contributed by atoms with Gasteiger partial charge in [0.25, 0.3) is 0 Å². The first-order valence-corrected chi connectivity index (χ1v) is 9.75. The molecule has 1 atom stereocenters. The summed E-state index contributed by atoms with van der Waals surface area (Å²) < 4.78 is 93.7. The lowest BCUT2D eigenvalue weighted by atomic mass is 9.98. The van der Waals surface area contributed by atoms with Crippen LogP contribution in [0.15, 0.2) is 40.3 Å². The Labute approximate surface area is 181 Å². The van der Waals surface area contributed by atoms with Crippen LogP contribution < -0.4 is 0 Å². The van der Waals surface area contributed by atoms with Crippen LogP contribution in [0.2, 0.25) is 0 Å². The topological polar surface area (TPSA) is 60.2 Å². The summed E-state index contributed by atoms with van der Waals surface area (Å²) in [6.45, 7) is 7.83. The number of aliphatic imine (C=N–C) groups is 2. The zero-order valence-electron chi connectivity index (χ0n) is 18.1. The second kappa shape index (κ2) is 8.74.